The summed E-state index contributed by atoms with van der Waals surface area (Å²) in [5.74, 6) is 1.03. The minimum absolute atomic E-state index is 0.467. The molecule has 2 N–H and O–H groups in total. The lowest BCUT2D eigenvalue weighted by atomic mass is 10.1. The Bertz CT molecular complexity index is 320. The van der Waals surface area contributed by atoms with Crippen molar-refractivity contribution in [2.75, 3.05) is 31.6 Å². The number of nitrogens with one attached hydrogen (secondary N) is 1. The summed E-state index contributed by atoms with van der Waals surface area (Å²) in [4.78, 5) is 6.69. The third-order valence-electron chi connectivity index (χ3n) is 2.98. The van der Waals surface area contributed by atoms with Crippen LogP contribution in [0.15, 0.2) is 18.3 Å². The number of rotatable bonds is 4. The van der Waals surface area contributed by atoms with Gasteiger partial charge in [0.05, 0.1) is 6.10 Å². The Hall–Kier alpha value is -1.13. The number of aromatic nitrogens is 1. The van der Waals surface area contributed by atoms with Gasteiger partial charge in [-0.25, -0.2) is 4.98 Å². The van der Waals surface area contributed by atoms with E-state index in [9.17, 15) is 5.11 Å². The van der Waals surface area contributed by atoms with Gasteiger partial charge in [-0.05, 0) is 26.0 Å². The third-order valence-corrected chi connectivity index (χ3v) is 2.98. The minimum atomic E-state index is -0.467. The third kappa shape index (κ3) is 2.51. The van der Waals surface area contributed by atoms with Gasteiger partial charge in [0.15, 0.2) is 0 Å². The van der Waals surface area contributed by atoms with E-state index in [1.165, 1.54) is 12.8 Å². The Morgan fingerprint density at radius 3 is 2.75 bits per heavy atom. The van der Waals surface area contributed by atoms with Gasteiger partial charge >= 0.3 is 0 Å². The number of anilines is 1. The van der Waals surface area contributed by atoms with Crippen molar-refractivity contribution in [1.82, 2.24) is 10.3 Å². The molecular weight excluding hydrogens is 202 g/mol. The Morgan fingerprint density at radius 2 is 2.19 bits per heavy atom. The molecule has 1 aromatic heterocycles. The molecule has 4 heteroatoms. The van der Waals surface area contributed by atoms with Crippen LogP contribution >= 0.6 is 0 Å². The fraction of sp³-hybridized carbons (Fsp3) is 0.583. The van der Waals surface area contributed by atoms with Crippen LogP contribution in [0.1, 0.15) is 24.5 Å². The number of aliphatic hydroxyl groups is 1. The topological polar surface area (TPSA) is 48.4 Å². The second kappa shape index (κ2) is 5.27. The molecule has 0 saturated carbocycles. The molecule has 0 aromatic carbocycles. The van der Waals surface area contributed by atoms with E-state index in [-0.39, 0.29) is 0 Å². The number of pyridine rings is 1. The first kappa shape index (κ1) is 11.4. The highest BCUT2D eigenvalue weighted by atomic mass is 16.3. The molecule has 2 heterocycles. The maximum Gasteiger partial charge on any atom is 0.128 e. The number of aliphatic hydroxyl groups excluding tert-OH is 1. The van der Waals surface area contributed by atoms with Crippen molar-refractivity contribution >= 4 is 5.82 Å². The van der Waals surface area contributed by atoms with E-state index in [0.29, 0.717) is 6.54 Å². The second-order valence-electron chi connectivity index (χ2n) is 4.22. The van der Waals surface area contributed by atoms with E-state index in [1.807, 2.05) is 19.2 Å². The summed E-state index contributed by atoms with van der Waals surface area (Å²) in [6.45, 7) is 2.77. The molecule has 4 nitrogen and oxygen atoms in total. The van der Waals surface area contributed by atoms with Gasteiger partial charge in [-0.2, -0.15) is 0 Å². The first-order valence-corrected chi connectivity index (χ1v) is 5.85. The highest BCUT2D eigenvalue weighted by molar-refractivity contribution is 5.40. The molecule has 0 amide bonds. The van der Waals surface area contributed by atoms with Crippen molar-refractivity contribution in [2.45, 2.75) is 18.9 Å². The molecular formula is C12H19N3O. The lowest BCUT2D eigenvalue weighted by molar-refractivity contribution is 0.177. The zero-order chi connectivity index (χ0) is 11.4. The van der Waals surface area contributed by atoms with E-state index < -0.39 is 6.10 Å². The molecule has 0 bridgehead atoms. The van der Waals surface area contributed by atoms with Gasteiger partial charge in [0, 0.05) is 31.4 Å². The van der Waals surface area contributed by atoms with Crippen LogP contribution in [0.3, 0.4) is 0 Å². The smallest absolute Gasteiger partial charge is 0.128 e. The molecule has 2 rings (SSSR count). The molecule has 0 radical (unpaired) electrons. The van der Waals surface area contributed by atoms with Crippen molar-refractivity contribution in [2.24, 2.45) is 0 Å². The summed E-state index contributed by atoms with van der Waals surface area (Å²) in [6, 6.07) is 3.96. The zero-order valence-corrected chi connectivity index (χ0v) is 9.69. The Morgan fingerprint density at radius 1 is 1.44 bits per heavy atom. The molecule has 1 unspecified atom stereocenters. The van der Waals surface area contributed by atoms with Crippen LogP contribution in [0.4, 0.5) is 5.82 Å². The SMILES string of the molecule is CNCC(O)c1ccc(N2CCCC2)nc1. The zero-order valence-electron chi connectivity index (χ0n) is 9.69. The summed E-state index contributed by atoms with van der Waals surface area (Å²) in [5, 5.41) is 12.7. The van der Waals surface area contributed by atoms with Gasteiger partial charge in [0.1, 0.15) is 5.82 Å². The van der Waals surface area contributed by atoms with Crippen LogP contribution in [0.25, 0.3) is 0 Å². The molecule has 1 aliphatic heterocycles. The van der Waals surface area contributed by atoms with E-state index in [2.05, 4.69) is 15.2 Å². The Kier molecular flexibility index (Phi) is 3.74. The van der Waals surface area contributed by atoms with Gasteiger partial charge in [0.25, 0.3) is 0 Å². The summed E-state index contributed by atoms with van der Waals surface area (Å²) < 4.78 is 0. The van der Waals surface area contributed by atoms with E-state index >= 15 is 0 Å². The van der Waals surface area contributed by atoms with Crippen molar-refractivity contribution in [3.63, 3.8) is 0 Å². The maximum atomic E-state index is 9.76. The highest BCUT2D eigenvalue weighted by Gasteiger charge is 2.14. The number of hydrogen-bond acceptors (Lipinski definition) is 4. The molecule has 1 fully saturated rings. The lowest BCUT2D eigenvalue weighted by Gasteiger charge is -2.17. The Labute approximate surface area is 96.3 Å². The molecule has 0 spiro atoms. The maximum absolute atomic E-state index is 9.76. The van der Waals surface area contributed by atoms with Gasteiger partial charge in [-0.3, -0.25) is 0 Å². The van der Waals surface area contributed by atoms with E-state index in [0.717, 1.165) is 24.5 Å². The van der Waals surface area contributed by atoms with Crippen LogP contribution in [0, 0.1) is 0 Å². The molecule has 88 valence electrons. The summed E-state index contributed by atoms with van der Waals surface area (Å²) in [7, 11) is 1.83. The normalized spacial score (nSPS) is 17.8. The van der Waals surface area contributed by atoms with Crippen LogP contribution < -0.4 is 10.2 Å². The predicted molar refractivity (Wildman–Crippen MR) is 64.6 cm³/mol. The number of likely N-dealkylation sites (N-methyl/N-ethyl adjacent to an activating group) is 1. The number of nitrogens with zero attached hydrogens (tertiary/aromatic N) is 2. The second-order valence-corrected chi connectivity index (χ2v) is 4.22. The quantitative estimate of drug-likeness (QED) is 0.794. The fourth-order valence-corrected chi connectivity index (χ4v) is 2.04. The molecule has 16 heavy (non-hydrogen) atoms. The van der Waals surface area contributed by atoms with Gasteiger partial charge in [-0.15, -0.1) is 0 Å². The number of hydrogen-bond donors (Lipinski definition) is 2. The van der Waals surface area contributed by atoms with Crippen molar-refractivity contribution in [3.8, 4) is 0 Å². The fourth-order valence-electron chi connectivity index (χ4n) is 2.04. The lowest BCUT2D eigenvalue weighted by Crippen LogP contribution is -2.20. The average Bonchev–Trinajstić information content (AvgIpc) is 2.83. The van der Waals surface area contributed by atoms with Crippen molar-refractivity contribution in [1.29, 1.82) is 0 Å². The predicted octanol–water partition coefficient (Wildman–Crippen LogP) is 0.935. The van der Waals surface area contributed by atoms with Gasteiger partial charge < -0.3 is 15.3 Å². The highest BCUT2D eigenvalue weighted by Crippen LogP contribution is 2.19. The van der Waals surface area contributed by atoms with E-state index in [1.54, 1.807) is 6.20 Å². The monoisotopic (exact) mass is 221 g/mol. The molecule has 0 aliphatic carbocycles. The van der Waals surface area contributed by atoms with Gasteiger partial charge in [-0.1, -0.05) is 6.07 Å². The van der Waals surface area contributed by atoms with Crippen LogP contribution in [-0.2, 0) is 0 Å². The largest absolute Gasteiger partial charge is 0.387 e. The molecule has 1 atom stereocenters. The van der Waals surface area contributed by atoms with Gasteiger partial charge in [0.2, 0.25) is 0 Å². The average molecular weight is 221 g/mol. The van der Waals surface area contributed by atoms with Crippen LogP contribution in [0.5, 0.6) is 0 Å². The summed E-state index contributed by atoms with van der Waals surface area (Å²) in [6.07, 6.45) is 3.82. The van der Waals surface area contributed by atoms with Crippen molar-refractivity contribution < 1.29 is 5.11 Å². The molecule has 1 saturated heterocycles. The first-order valence-electron chi connectivity index (χ1n) is 5.85. The minimum Gasteiger partial charge on any atom is -0.387 e. The van der Waals surface area contributed by atoms with Crippen LogP contribution in [-0.4, -0.2) is 36.8 Å². The summed E-state index contributed by atoms with van der Waals surface area (Å²) in [5.41, 5.74) is 0.872. The van der Waals surface area contributed by atoms with Crippen LogP contribution in [0.2, 0.25) is 0 Å². The molecule has 1 aromatic rings. The first-order chi connectivity index (χ1) is 7.81. The Balaban J connectivity index is 2.03. The van der Waals surface area contributed by atoms with Crippen molar-refractivity contribution in [3.05, 3.63) is 23.9 Å². The summed E-state index contributed by atoms with van der Waals surface area (Å²) >= 11 is 0. The standard InChI is InChI=1S/C12H19N3O/c1-13-9-11(16)10-4-5-12(14-8-10)15-6-2-3-7-15/h4-5,8,11,13,16H,2-3,6-7,9H2,1H3. The van der Waals surface area contributed by atoms with E-state index in [4.69, 9.17) is 0 Å². The molecule has 1 aliphatic rings.